The Morgan fingerprint density at radius 3 is 1.91 bits per heavy atom. The van der Waals surface area contributed by atoms with Crippen molar-refractivity contribution >= 4 is 0 Å². The van der Waals surface area contributed by atoms with E-state index in [1.54, 1.807) is 0 Å². The highest BCUT2D eigenvalue weighted by Gasteiger charge is 2.14. The van der Waals surface area contributed by atoms with Crippen LogP contribution in [-0.4, -0.2) is 35.7 Å². The van der Waals surface area contributed by atoms with Gasteiger partial charge in [0.15, 0.2) is 0 Å². The third-order valence-electron chi connectivity index (χ3n) is 2.05. The molecule has 0 aromatic heterocycles. The largest absolute Gasteiger partial charge is 0.392 e. The molecular formula is C9H21NO. The molecule has 2 atom stereocenters. The van der Waals surface area contributed by atoms with Crippen molar-refractivity contribution in [3.8, 4) is 0 Å². The number of likely N-dealkylation sites (N-methyl/N-ethyl adjacent to an activating group) is 1. The first-order valence-electron chi connectivity index (χ1n) is 4.33. The van der Waals surface area contributed by atoms with Crippen LogP contribution < -0.4 is 0 Å². The maximum Gasteiger partial charge on any atom is 0.0664 e. The molecule has 0 heterocycles. The van der Waals surface area contributed by atoms with Gasteiger partial charge in [0, 0.05) is 12.6 Å². The van der Waals surface area contributed by atoms with Gasteiger partial charge in [0.25, 0.3) is 0 Å². The summed E-state index contributed by atoms with van der Waals surface area (Å²) >= 11 is 0. The Kier molecular flexibility index (Phi) is 4.69. The number of aliphatic hydroxyl groups excluding tert-OH is 1. The van der Waals surface area contributed by atoms with Gasteiger partial charge in [-0.05, 0) is 26.8 Å². The van der Waals surface area contributed by atoms with Crippen molar-refractivity contribution in [2.24, 2.45) is 5.92 Å². The quantitative estimate of drug-likeness (QED) is 0.669. The van der Waals surface area contributed by atoms with Gasteiger partial charge >= 0.3 is 0 Å². The summed E-state index contributed by atoms with van der Waals surface area (Å²) in [6.45, 7) is 9.30. The fourth-order valence-corrected chi connectivity index (χ4v) is 1.11. The standard InChI is InChI=1S/C9H21NO/c1-7(2)6-10(5)8(3)9(4)11/h7-9,11H,6H2,1-5H3. The molecule has 0 saturated heterocycles. The van der Waals surface area contributed by atoms with Crippen LogP contribution in [0.25, 0.3) is 0 Å². The number of rotatable bonds is 4. The lowest BCUT2D eigenvalue weighted by atomic mass is 10.1. The summed E-state index contributed by atoms with van der Waals surface area (Å²) in [4.78, 5) is 2.19. The van der Waals surface area contributed by atoms with Crippen LogP contribution in [0.3, 0.4) is 0 Å². The molecule has 0 aliphatic heterocycles. The Hall–Kier alpha value is -0.0800. The van der Waals surface area contributed by atoms with Crippen molar-refractivity contribution < 1.29 is 5.11 Å². The second-order valence-corrected chi connectivity index (χ2v) is 3.81. The first kappa shape index (κ1) is 10.9. The van der Waals surface area contributed by atoms with Crippen LogP contribution in [0, 0.1) is 5.92 Å². The summed E-state index contributed by atoms with van der Waals surface area (Å²) in [5.74, 6) is 0.668. The summed E-state index contributed by atoms with van der Waals surface area (Å²) in [5.41, 5.74) is 0. The van der Waals surface area contributed by atoms with E-state index in [4.69, 9.17) is 0 Å². The van der Waals surface area contributed by atoms with Crippen LogP contribution in [0.2, 0.25) is 0 Å². The van der Waals surface area contributed by atoms with Gasteiger partial charge in [-0.3, -0.25) is 0 Å². The minimum Gasteiger partial charge on any atom is -0.392 e. The molecule has 0 amide bonds. The molecule has 2 heteroatoms. The van der Waals surface area contributed by atoms with E-state index in [1.807, 2.05) is 13.8 Å². The Labute approximate surface area is 70.2 Å². The molecule has 0 fully saturated rings. The number of hydrogen-bond donors (Lipinski definition) is 1. The zero-order valence-corrected chi connectivity index (χ0v) is 8.33. The van der Waals surface area contributed by atoms with E-state index < -0.39 is 0 Å². The van der Waals surface area contributed by atoms with Crippen LogP contribution in [0.15, 0.2) is 0 Å². The van der Waals surface area contributed by atoms with Crippen molar-refractivity contribution in [3.63, 3.8) is 0 Å². The van der Waals surface area contributed by atoms with E-state index in [2.05, 4.69) is 25.8 Å². The zero-order chi connectivity index (χ0) is 9.02. The van der Waals surface area contributed by atoms with Crippen LogP contribution in [0.5, 0.6) is 0 Å². The van der Waals surface area contributed by atoms with Crippen LogP contribution in [-0.2, 0) is 0 Å². The summed E-state index contributed by atoms with van der Waals surface area (Å²) in [6, 6.07) is 0.261. The van der Waals surface area contributed by atoms with Crippen LogP contribution in [0.4, 0.5) is 0 Å². The number of aliphatic hydroxyl groups is 1. The molecular weight excluding hydrogens is 138 g/mol. The first-order valence-corrected chi connectivity index (χ1v) is 4.33. The maximum atomic E-state index is 9.26. The van der Waals surface area contributed by atoms with Gasteiger partial charge < -0.3 is 10.0 Å². The predicted octanol–water partition coefficient (Wildman–Crippen LogP) is 1.34. The summed E-state index contributed by atoms with van der Waals surface area (Å²) < 4.78 is 0. The van der Waals surface area contributed by atoms with E-state index in [1.165, 1.54) is 0 Å². The molecule has 0 spiro atoms. The molecule has 1 N–H and O–H groups in total. The van der Waals surface area contributed by atoms with Gasteiger partial charge in [0.2, 0.25) is 0 Å². The number of nitrogens with zero attached hydrogens (tertiary/aromatic N) is 1. The first-order chi connectivity index (χ1) is 4.95. The Morgan fingerprint density at radius 2 is 1.64 bits per heavy atom. The molecule has 0 saturated carbocycles. The summed E-state index contributed by atoms with van der Waals surface area (Å²) in [5, 5.41) is 9.26. The average molecular weight is 159 g/mol. The molecule has 2 unspecified atom stereocenters. The highest BCUT2D eigenvalue weighted by molar-refractivity contribution is 4.69. The highest BCUT2D eigenvalue weighted by Crippen LogP contribution is 2.04. The molecule has 0 bridgehead atoms. The lowest BCUT2D eigenvalue weighted by molar-refractivity contribution is 0.0804. The van der Waals surface area contributed by atoms with E-state index in [9.17, 15) is 5.11 Å². The average Bonchev–Trinajstić information content (AvgIpc) is 1.84. The maximum absolute atomic E-state index is 9.26. The van der Waals surface area contributed by atoms with Crippen molar-refractivity contribution in [1.29, 1.82) is 0 Å². The van der Waals surface area contributed by atoms with Crippen molar-refractivity contribution in [1.82, 2.24) is 4.90 Å². The molecule has 0 aromatic rings. The lowest BCUT2D eigenvalue weighted by Gasteiger charge is -2.28. The Bertz CT molecular complexity index is 102. The molecule has 0 aliphatic carbocycles. The summed E-state index contributed by atoms with van der Waals surface area (Å²) in [6.07, 6.45) is -0.237. The normalized spacial score (nSPS) is 17.5. The second kappa shape index (κ2) is 4.73. The van der Waals surface area contributed by atoms with Gasteiger partial charge in [-0.15, -0.1) is 0 Å². The van der Waals surface area contributed by atoms with Crippen LogP contribution >= 0.6 is 0 Å². The zero-order valence-electron chi connectivity index (χ0n) is 8.33. The SMILES string of the molecule is CC(C)CN(C)C(C)C(C)O. The van der Waals surface area contributed by atoms with Gasteiger partial charge in [-0.2, -0.15) is 0 Å². The minimum atomic E-state index is -0.237. The number of hydrogen-bond acceptors (Lipinski definition) is 2. The monoisotopic (exact) mass is 159 g/mol. The van der Waals surface area contributed by atoms with Crippen molar-refractivity contribution in [2.75, 3.05) is 13.6 Å². The molecule has 11 heavy (non-hydrogen) atoms. The molecule has 0 aromatic carbocycles. The van der Waals surface area contributed by atoms with Crippen LogP contribution in [0.1, 0.15) is 27.7 Å². The molecule has 0 aliphatic rings. The topological polar surface area (TPSA) is 23.5 Å². The fourth-order valence-electron chi connectivity index (χ4n) is 1.11. The highest BCUT2D eigenvalue weighted by atomic mass is 16.3. The van der Waals surface area contributed by atoms with Gasteiger partial charge in [-0.25, -0.2) is 0 Å². The van der Waals surface area contributed by atoms with Gasteiger partial charge in [0.05, 0.1) is 6.10 Å². The van der Waals surface area contributed by atoms with E-state index in [-0.39, 0.29) is 12.1 Å². The third-order valence-corrected chi connectivity index (χ3v) is 2.05. The van der Waals surface area contributed by atoms with Gasteiger partial charge in [0.1, 0.15) is 0 Å². The molecule has 0 radical (unpaired) electrons. The van der Waals surface area contributed by atoms with Crippen molar-refractivity contribution in [2.45, 2.75) is 39.8 Å². The smallest absolute Gasteiger partial charge is 0.0664 e. The van der Waals surface area contributed by atoms with Gasteiger partial charge in [-0.1, -0.05) is 13.8 Å². The predicted molar refractivity (Wildman–Crippen MR) is 48.6 cm³/mol. The Balaban J connectivity index is 3.73. The molecule has 0 rings (SSSR count). The molecule has 2 nitrogen and oxygen atoms in total. The van der Waals surface area contributed by atoms with E-state index in [0.717, 1.165) is 6.54 Å². The Morgan fingerprint density at radius 1 is 1.18 bits per heavy atom. The minimum absolute atomic E-state index is 0.237. The van der Waals surface area contributed by atoms with E-state index >= 15 is 0 Å². The lowest BCUT2D eigenvalue weighted by Crippen LogP contribution is -2.39. The third kappa shape index (κ3) is 4.38. The van der Waals surface area contributed by atoms with E-state index in [0.29, 0.717) is 5.92 Å². The molecule has 68 valence electrons. The van der Waals surface area contributed by atoms with Crippen molar-refractivity contribution in [3.05, 3.63) is 0 Å². The second-order valence-electron chi connectivity index (χ2n) is 3.81. The fraction of sp³-hybridized carbons (Fsp3) is 1.00. The summed E-state index contributed by atoms with van der Waals surface area (Å²) in [7, 11) is 2.05.